The molecule has 1 amide bonds. The Bertz CT molecular complexity index is 1040. The molecular weight excluding hydrogens is 382 g/mol. The van der Waals surface area contributed by atoms with Gasteiger partial charge >= 0.3 is 0 Å². The van der Waals surface area contributed by atoms with Gasteiger partial charge in [-0.05, 0) is 56.2 Å². The molecule has 0 atom stereocenters. The molecule has 0 saturated carbocycles. The number of amides is 1. The number of aryl methyl sites for hydroxylation is 2. The van der Waals surface area contributed by atoms with Crippen molar-refractivity contribution < 1.29 is 4.79 Å². The van der Waals surface area contributed by atoms with Crippen molar-refractivity contribution in [2.75, 3.05) is 18.0 Å². The minimum absolute atomic E-state index is 0.0543. The molecule has 5 rings (SSSR count). The molecule has 1 aliphatic heterocycles. The summed E-state index contributed by atoms with van der Waals surface area (Å²) in [7, 11) is 0. The molecule has 150 valence electrons. The zero-order valence-corrected chi connectivity index (χ0v) is 17.5. The lowest BCUT2D eigenvalue weighted by molar-refractivity contribution is -0.119. The fourth-order valence-electron chi connectivity index (χ4n) is 4.51. The second-order valence-electron chi connectivity index (χ2n) is 7.97. The highest BCUT2D eigenvalue weighted by atomic mass is 32.1. The monoisotopic (exact) mass is 407 g/mol. The Morgan fingerprint density at radius 1 is 1.21 bits per heavy atom. The van der Waals surface area contributed by atoms with Crippen molar-refractivity contribution >= 4 is 33.3 Å². The molecule has 7 heteroatoms. The Morgan fingerprint density at radius 2 is 2.03 bits per heavy atom. The minimum Gasteiger partial charge on any atom is -0.356 e. The van der Waals surface area contributed by atoms with Crippen LogP contribution in [-0.2, 0) is 17.6 Å². The second-order valence-corrected chi connectivity index (χ2v) is 9.05. The maximum atomic E-state index is 11.4. The molecule has 1 fully saturated rings. The maximum Gasteiger partial charge on any atom is 0.217 e. The highest BCUT2D eigenvalue weighted by Gasteiger charge is 2.27. The Kier molecular flexibility index (Phi) is 4.91. The van der Waals surface area contributed by atoms with E-state index in [-0.39, 0.29) is 11.9 Å². The molecule has 1 N–H and O–H groups in total. The molecule has 0 aromatic carbocycles. The lowest BCUT2D eigenvalue weighted by Gasteiger charge is -2.33. The largest absolute Gasteiger partial charge is 0.356 e. The minimum atomic E-state index is 0.0543. The number of carbonyl (C=O) groups excluding carboxylic acids is 1. The van der Waals surface area contributed by atoms with Crippen molar-refractivity contribution in [2.24, 2.45) is 0 Å². The van der Waals surface area contributed by atoms with E-state index in [1.54, 1.807) is 13.1 Å². The van der Waals surface area contributed by atoms with Crippen LogP contribution < -0.4 is 10.2 Å². The number of hydrogen-bond donors (Lipinski definition) is 1. The van der Waals surface area contributed by atoms with E-state index in [0.717, 1.165) is 60.8 Å². The molecule has 1 saturated heterocycles. The number of aromatic nitrogens is 3. The average Bonchev–Trinajstić information content (AvgIpc) is 3.12. The number of rotatable bonds is 3. The number of piperidine rings is 1. The van der Waals surface area contributed by atoms with E-state index in [1.807, 2.05) is 29.7 Å². The standard InChI is InChI=1S/C22H25N5OS/c1-14(28)24-16-8-11-27(12-9-16)21-19-17-6-2-3-7-18(17)29-22(19)26-20(25-21)15-5-4-10-23-13-15/h4-5,10,13,16H,2-3,6-9,11-12H2,1H3,(H,24,28). The van der Waals surface area contributed by atoms with Crippen molar-refractivity contribution in [3.63, 3.8) is 0 Å². The van der Waals surface area contributed by atoms with Crippen LogP contribution in [0.5, 0.6) is 0 Å². The lowest BCUT2D eigenvalue weighted by atomic mass is 9.96. The highest BCUT2D eigenvalue weighted by Crippen LogP contribution is 2.41. The van der Waals surface area contributed by atoms with Crippen LogP contribution in [0.15, 0.2) is 24.5 Å². The molecule has 3 aromatic rings. The molecule has 0 unspecified atom stereocenters. The number of carbonyl (C=O) groups is 1. The normalized spacial score (nSPS) is 17.3. The molecule has 0 radical (unpaired) electrons. The molecule has 4 heterocycles. The number of pyridine rings is 1. The van der Waals surface area contributed by atoms with Gasteiger partial charge in [0.1, 0.15) is 10.6 Å². The lowest BCUT2D eigenvalue weighted by Crippen LogP contribution is -2.44. The number of nitrogens with one attached hydrogen (secondary N) is 1. The van der Waals surface area contributed by atoms with E-state index in [2.05, 4.69) is 15.2 Å². The first-order valence-corrected chi connectivity index (χ1v) is 11.3. The van der Waals surface area contributed by atoms with Crippen LogP contribution in [0, 0.1) is 0 Å². The maximum absolute atomic E-state index is 11.4. The molecular formula is C22H25N5OS. The summed E-state index contributed by atoms with van der Waals surface area (Å²) < 4.78 is 0. The van der Waals surface area contributed by atoms with Crippen LogP contribution in [0.1, 0.15) is 43.0 Å². The van der Waals surface area contributed by atoms with Gasteiger partial charge < -0.3 is 10.2 Å². The first-order valence-electron chi connectivity index (χ1n) is 10.4. The second kappa shape index (κ2) is 7.71. The summed E-state index contributed by atoms with van der Waals surface area (Å²) in [4.78, 5) is 30.6. The van der Waals surface area contributed by atoms with Crippen LogP contribution in [0.2, 0.25) is 0 Å². The third kappa shape index (κ3) is 3.59. The third-order valence-electron chi connectivity index (χ3n) is 5.92. The van der Waals surface area contributed by atoms with E-state index in [1.165, 1.54) is 28.7 Å². The summed E-state index contributed by atoms with van der Waals surface area (Å²) in [6.45, 7) is 3.39. The summed E-state index contributed by atoms with van der Waals surface area (Å²) in [5.41, 5.74) is 2.42. The molecule has 3 aromatic heterocycles. The predicted molar refractivity (Wildman–Crippen MR) is 116 cm³/mol. The third-order valence-corrected chi connectivity index (χ3v) is 7.10. The van der Waals surface area contributed by atoms with Gasteiger partial charge in [0.05, 0.1) is 5.39 Å². The van der Waals surface area contributed by atoms with E-state index in [4.69, 9.17) is 9.97 Å². The molecule has 2 aliphatic rings. The van der Waals surface area contributed by atoms with E-state index < -0.39 is 0 Å². The highest BCUT2D eigenvalue weighted by molar-refractivity contribution is 7.19. The number of thiophene rings is 1. The van der Waals surface area contributed by atoms with Gasteiger partial charge in [0.15, 0.2) is 5.82 Å². The summed E-state index contributed by atoms with van der Waals surface area (Å²) in [5, 5.41) is 4.33. The van der Waals surface area contributed by atoms with Crippen LogP contribution >= 0.6 is 11.3 Å². The fourth-order valence-corrected chi connectivity index (χ4v) is 5.77. The van der Waals surface area contributed by atoms with Crippen LogP contribution in [0.25, 0.3) is 21.6 Å². The topological polar surface area (TPSA) is 71.0 Å². The van der Waals surface area contributed by atoms with Gasteiger partial charge in [-0.15, -0.1) is 11.3 Å². The van der Waals surface area contributed by atoms with Crippen molar-refractivity contribution in [3.8, 4) is 11.4 Å². The summed E-state index contributed by atoms with van der Waals surface area (Å²) in [6.07, 6.45) is 10.3. The van der Waals surface area contributed by atoms with Crippen LogP contribution in [0.4, 0.5) is 5.82 Å². The van der Waals surface area contributed by atoms with Gasteiger partial charge in [0, 0.05) is 48.9 Å². The fraction of sp³-hybridized carbons (Fsp3) is 0.455. The summed E-state index contributed by atoms with van der Waals surface area (Å²) in [6, 6.07) is 4.21. The quantitative estimate of drug-likeness (QED) is 0.716. The predicted octanol–water partition coefficient (Wildman–Crippen LogP) is 3.74. The number of fused-ring (bicyclic) bond motifs is 3. The molecule has 6 nitrogen and oxygen atoms in total. The number of anilines is 1. The summed E-state index contributed by atoms with van der Waals surface area (Å²) in [5.74, 6) is 1.87. The van der Waals surface area contributed by atoms with Crippen molar-refractivity contribution in [1.82, 2.24) is 20.3 Å². The smallest absolute Gasteiger partial charge is 0.217 e. The van der Waals surface area contributed by atoms with E-state index in [9.17, 15) is 4.79 Å². The number of nitrogens with zero attached hydrogens (tertiary/aromatic N) is 4. The average molecular weight is 408 g/mol. The van der Waals surface area contributed by atoms with Crippen LogP contribution in [0.3, 0.4) is 0 Å². The zero-order valence-electron chi connectivity index (χ0n) is 16.6. The molecule has 1 aliphatic carbocycles. The first kappa shape index (κ1) is 18.5. The van der Waals surface area contributed by atoms with Gasteiger partial charge in [-0.25, -0.2) is 9.97 Å². The van der Waals surface area contributed by atoms with Gasteiger partial charge in [-0.1, -0.05) is 0 Å². The van der Waals surface area contributed by atoms with Gasteiger partial charge in [0.2, 0.25) is 5.91 Å². The van der Waals surface area contributed by atoms with Crippen molar-refractivity contribution in [1.29, 1.82) is 0 Å². The zero-order chi connectivity index (χ0) is 19.8. The van der Waals surface area contributed by atoms with Gasteiger partial charge in [-0.3, -0.25) is 9.78 Å². The van der Waals surface area contributed by atoms with Gasteiger partial charge in [0.25, 0.3) is 0 Å². The van der Waals surface area contributed by atoms with Crippen molar-refractivity contribution in [2.45, 2.75) is 51.5 Å². The van der Waals surface area contributed by atoms with E-state index in [0.29, 0.717) is 0 Å². The Balaban J connectivity index is 1.57. The molecule has 0 spiro atoms. The summed E-state index contributed by atoms with van der Waals surface area (Å²) >= 11 is 1.84. The van der Waals surface area contributed by atoms with Crippen LogP contribution in [-0.4, -0.2) is 40.0 Å². The SMILES string of the molecule is CC(=O)NC1CCN(c2nc(-c3cccnc3)nc3sc4c(c23)CCCC4)CC1. The Labute approximate surface area is 174 Å². The van der Waals surface area contributed by atoms with E-state index >= 15 is 0 Å². The molecule has 29 heavy (non-hydrogen) atoms. The number of hydrogen-bond acceptors (Lipinski definition) is 6. The Morgan fingerprint density at radius 3 is 2.79 bits per heavy atom. The van der Waals surface area contributed by atoms with Crippen molar-refractivity contribution in [3.05, 3.63) is 35.0 Å². The van der Waals surface area contributed by atoms with Gasteiger partial charge in [-0.2, -0.15) is 0 Å². The Hall–Kier alpha value is -2.54. The first-order chi connectivity index (χ1) is 14.2. The molecule has 0 bridgehead atoms.